The van der Waals surface area contributed by atoms with Crippen LogP contribution in [0, 0.1) is 19.7 Å². The van der Waals surface area contributed by atoms with Gasteiger partial charge in [-0.1, -0.05) is 0 Å². The standard InChI is InChI=1S/C18H15F4N3/c1-9-5-12(8-24-7-9)16-13(17(23)18(20,21)22)6-11-3-4-14(19)10(2)15(11)25-16/h3-8,17H,23H2,1-2H3/t17-/m1/s1. The van der Waals surface area contributed by atoms with Crippen LogP contribution in [-0.4, -0.2) is 16.1 Å². The van der Waals surface area contributed by atoms with E-state index >= 15 is 0 Å². The van der Waals surface area contributed by atoms with Crippen LogP contribution in [0.5, 0.6) is 0 Å². The molecule has 25 heavy (non-hydrogen) atoms. The zero-order valence-electron chi connectivity index (χ0n) is 13.5. The fourth-order valence-corrected chi connectivity index (χ4v) is 2.70. The van der Waals surface area contributed by atoms with Crippen LogP contribution in [0.2, 0.25) is 0 Å². The van der Waals surface area contributed by atoms with Gasteiger partial charge in [0.25, 0.3) is 0 Å². The Morgan fingerprint density at radius 1 is 1.08 bits per heavy atom. The van der Waals surface area contributed by atoms with Crippen LogP contribution in [0.1, 0.15) is 22.7 Å². The van der Waals surface area contributed by atoms with Crippen LogP contribution < -0.4 is 5.73 Å². The zero-order chi connectivity index (χ0) is 18.4. The molecule has 0 bridgehead atoms. The molecule has 0 aliphatic rings. The Balaban J connectivity index is 2.36. The number of rotatable bonds is 2. The highest BCUT2D eigenvalue weighted by Gasteiger charge is 2.39. The van der Waals surface area contributed by atoms with Gasteiger partial charge in [0.15, 0.2) is 0 Å². The predicted octanol–water partition coefficient (Wildman–Crippen LogP) is 4.61. The van der Waals surface area contributed by atoms with Gasteiger partial charge >= 0.3 is 6.18 Å². The summed E-state index contributed by atoms with van der Waals surface area (Å²) in [5.74, 6) is -0.471. The van der Waals surface area contributed by atoms with Crippen LogP contribution in [0.15, 0.2) is 36.7 Å². The lowest BCUT2D eigenvalue weighted by Crippen LogP contribution is -2.29. The average Bonchev–Trinajstić information content (AvgIpc) is 2.56. The van der Waals surface area contributed by atoms with Gasteiger partial charge in [-0.15, -0.1) is 0 Å². The maximum Gasteiger partial charge on any atom is 0.407 e. The third-order valence-corrected chi connectivity index (χ3v) is 4.04. The molecule has 3 nitrogen and oxygen atoms in total. The number of hydrogen-bond acceptors (Lipinski definition) is 3. The van der Waals surface area contributed by atoms with Crippen molar-refractivity contribution >= 4 is 10.9 Å². The Bertz CT molecular complexity index is 951. The first-order valence-electron chi connectivity index (χ1n) is 7.52. The molecule has 0 fully saturated rings. The Hall–Kier alpha value is -2.54. The number of pyridine rings is 2. The number of aryl methyl sites for hydroxylation is 2. The van der Waals surface area contributed by atoms with Crippen LogP contribution in [0.4, 0.5) is 17.6 Å². The third-order valence-electron chi connectivity index (χ3n) is 4.04. The van der Waals surface area contributed by atoms with Crippen LogP contribution in [0.25, 0.3) is 22.2 Å². The number of alkyl halides is 3. The van der Waals surface area contributed by atoms with Gasteiger partial charge in [0, 0.05) is 34.5 Å². The number of benzene rings is 1. The van der Waals surface area contributed by atoms with Crippen LogP contribution in [0.3, 0.4) is 0 Å². The molecule has 0 unspecified atom stereocenters. The van der Waals surface area contributed by atoms with E-state index in [9.17, 15) is 17.6 Å². The molecular weight excluding hydrogens is 334 g/mol. The fourth-order valence-electron chi connectivity index (χ4n) is 2.70. The maximum atomic E-state index is 13.8. The van der Waals surface area contributed by atoms with Gasteiger partial charge in [-0.3, -0.25) is 4.98 Å². The first kappa shape index (κ1) is 17.3. The van der Waals surface area contributed by atoms with E-state index in [1.54, 1.807) is 19.2 Å². The minimum absolute atomic E-state index is 0.0576. The molecule has 1 atom stereocenters. The van der Waals surface area contributed by atoms with E-state index in [1.807, 2.05) is 0 Å². The lowest BCUT2D eigenvalue weighted by Gasteiger charge is -2.20. The first-order valence-corrected chi connectivity index (χ1v) is 7.52. The molecule has 2 heterocycles. The van der Waals surface area contributed by atoms with Gasteiger partial charge < -0.3 is 5.73 Å². The van der Waals surface area contributed by atoms with Gasteiger partial charge in [0.2, 0.25) is 0 Å². The molecule has 3 aromatic rings. The number of fused-ring (bicyclic) bond motifs is 1. The highest BCUT2D eigenvalue weighted by Crippen LogP contribution is 2.37. The number of nitrogens with zero attached hydrogens (tertiary/aromatic N) is 2. The van der Waals surface area contributed by atoms with E-state index in [-0.39, 0.29) is 16.8 Å². The molecule has 0 spiro atoms. The molecule has 0 radical (unpaired) electrons. The summed E-state index contributed by atoms with van der Waals surface area (Å²) in [6.07, 6.45) is -1.63. The summed E-state index contributed by atoms with van der Waals surface area (Å²) < 4.78 is 53.5. The second-order valence-corrected chi connectivity index (χ2v) is 5.94. The molecule has 130 valence electrons. The van der Waals surface area contributed by atoms with E-state index in [2.05, 4.69) is 9.97 Å². The fraction of sp³-hybridized carbons (Fsp3) is 0.222. The number of hydrogen-bond donors (Lipinski definition) is 1. The average molecular weight is 349 g/mol. The molecule has 1 aromatic carbocycles. The number of aromatic nitrogens is 2. The summed E-state index contributed by atoms with van der Waals surface area (Å²) >= 11 is 0. The van der Waals surface area contributed by atoms with Gasteiger partial charge in [-0.05, 0) is 43.7 Å². The second kappa shape index (κ2) is 6.07. The number of nitrogens with two attached hydrogens (primary N) is 1. The van der Waals surface area contributed by atoms with Gasteiger partial charge in [-0.2, -0.15) is 13.2 Å². The minimum atomic E-state index is -4.63. The Morgan fingerprint density at radius 2 is 1.80 bits per heavy atom. The van der Waals surface area contributed by atoms with Crippen molar-refractivity contribution in [2.75, 3.05) is 0 Å². The van der Waals surface area contributed by atoms with Crippen molar-refractivity contribution in [1.82, 2.24) is 9.97 Å². The van der Waals surface area contributed by atoms with Crippen molar-refractivity contribution in [2.24, 2.45) is 5.73 Å². The highest BCUT2D eigenvalue weighted by molar-refractivity contribution is 5.86. The summed E-state index contributed by atoms with van der Waals surface area (Å²) in [6.45, 7) is 3.30. The van der Waals surface area contributed by atoms with E-state index in [1.165, 1.54) is 31.3 Å². The molecule has 2 N–H and O–H groups in total. The summed E-state index contributed by atoms with van der Waals surface area (Å²) in [5, 5.41) is 0.401. The van der Waals surface area contributed by atoms with Crippen molar-refractivity contribution in [3.05, 3.63) is 59.2 Å². The second-order valence-electron chi connectivity index (χ2n) is 5.94. The normalized spacial score (nSPS) is 13.2. The third kappa shape index (κ3) is 3.19. The first-order chi connectivity index (χ1) is 11.7. The molecule has 0 aliphatic heterocycles. The molecule has 0 amide bonds. The van der Waals surface area contributed by atoms with E-state index in [0.717, 1.165) is 5.56 Å². The van der Waals surface area contributed by atoms with Crippen LogP contribution >= 0.6 is 0 Å². The summed E-state index contributed by atoms with van der Waals surface area (Å²) in [4.78, 5) is 8.33. The summed E-state index contributed by atoms with van der Waals surface area (Å²) in [5.41, 5.74) is 7.08. The largest absolute Gasteiger partial charge is 0.407 e. The van der Waals surface area contributed by atoms with Crippen molar-refractivity contribution in [2.45, 2.75) is 26.1 Å². The van der Waals surface area contributed by atoms with E-state index < -0.39 is 18.0 Å². The minimum Gasteiger partial charge on any atom is -0.316 e. The highest BCUT2D eigenvalue weighted by atomic mass is 19.4. The molecule has 0 saturated heterocycles. The van der Waals surface area contributed by atoms with E-state index in [0.29, 0.717) is 16.5 Å². The lowest BCUT2D eigenvalue weighted by molar-refractivity contribution is -0.149. The molecule has 7 heteroatoms. The smallest absolute Gasteiger partial charge is 0.316 e. The van der Waals surface area contributed by atoms with E-state index in [4.69, 9.17) is 5.73 Å². The predicted molar refractivity (Wildman–Crippen MR) is 87.4 cm³/mol. The Labute approximate surface area is 141 Å². The SMILES string of the molecule is Cc1cncc(-c2nc3c(C)c(F)ccc3cc2[C@@H](N)C(F)(F)F)c1. The summed E-state index contributed by atoms with van der Waals surface area (Å²) in [6, 6.07) is 3.39. The Kier molecular flexibility index (Phi) is 4.20. The number of halogens is 4. The van der Waals surface area contributed by atoms with Crippen LogP contribution in [-0.2, 0) is 0 Å². The maximum absolute atomic E-state index is 13.8. The molecule has 0 aliphatic carbocycles. The van der Waals surface area contributed by atoms with Gasteiger partial charge in [-0.25, -0.2) is 9.37 Å². The van der Waals surface area contributed by atoms with Crippen molar-refractivity contribution in [3.63, 3.8) is 0 Å². The lowest BCUT2D eigenvalue weighted by atomic mass is 9.97. The van der Waals surface area contributed by atoms with Gasteiger partial charge in [0.05, 0.1) is 11.2 Å². The molecule has 3 rings (SSSR count). The quantitative estimate of drug-likeness (QED) is 0.687. The molecule has 0 saturated carbocycles. The molecular formula is C18H15F4N3. The van der Waals surface area contributed by atoms with Gasteiger partial charge in [0.1, 0.15) is 11.9 Å². The summed E-state index contributed by atoms with van der Waals surface area (Å²) in [7, 11) is 0. The monoisotopic (exact) mass is 349 g/mol. The molecule has 2 aromatic heterocycles. The van der Waals surface area contributed by atoms with Crippen molar-refractivity contribution < 1.29 is 17.6 Å². The topological polar surface area (TPSA) is 51.8 Å². The van der Waals surface area contributed by atoms with Crippen molar-refractivity contribution in [1.29, 1.82) is 0 Å². The Morgan fingerprint density at radius 3 is 2.44 bits per heavy atom. The zero-order valence-corrected chi connectivity index (χ0v) is 13.5. The van der Waals surface area contributed by atoms with Crippen molar-refractivity contribution in [3.8, 4) is 11.3 Å².